The zero-order chi connectivity index (χ0) is 9.41. The van der Waals surface area contributed by atoms with E-state index in [1.165, 1.54) is 7.05 Å². The van der Waals surface area contributed by atoms with Crippen LogP contribution < -0.4 is 10.6 Å². The fourth-order valence-electron chi connectivity index (χ4n) is 0.517. The van der Waals surface area contributed by atoms with Crippen LogP contribution in [-0.2, 0) is 0 Å². The van der Waals surface area contributed by atoms with Gasteiger partial charge in [-0.1, -0.05) is 0 Å². The Morgan fingerprint density at radius 2 is 2.00 bits per heavy atom. The Morgan fingerprint density at radius 3 is 2.42 bits per heavy atom. The molecule has 2 unspecified atom stereocenters. The molecule has 0 bridgehead atoms. The van der Waals surface area contributed by atoms with Crippen LogP contribution in [0.4, 0.5) is 12.6 Å². The maximum absolute atomic E-state index is 13.1. The molecule has 0 fully saturated rings. The van der Waals surface area contributed by atoms with E-state index in [4.69, 9.17) is 5.50 Å². The quantitative estimate of drug-likeness (QED) is 0.686. The van der Waals surface area contributed by atoms with Gasteiger partial charge in [0.15, 0.2) is 0 Å². The predicted molar refractivity (Wildman–Crippen MR) is 44.6 cm³/mol. The van der Waals surface area contributed by atoms with Crippen LogP contribution in [0, 0.1) is 0 Å². The molecule has 2 atom stereocenters. The van der Waals surface area contributed by atoms with Crippen LogP contribution in [0.5, 0.6) is 0 Å². The topological polar surface area (TPSA) is 75.1 Å². The van der Waals surface area contributed by atoms with Gasteiger partial charge in [0.2, 0.25) is 0 Å². The van der Waals surface area contributed by atoms with Gasteiger partial charge in [-0.15, -0.1) is 18.4 Å². The van der Waals surface area contributed by atoms with Crippen LogP contribution >= 0.6 is 23.5 Å². The van der Waals surface area contributed by atoms with Crippen LogP contribution in [0.2, 0.25) is 0 Å². The fourth-order valence-corrected chi connectivity index (χ4v) is 5.62. The van der Waals surface area contributed by atoms with Crippen molar-refractivity contribution in [2.75, 3.05) is 7.05 Å². The van der Waals surface area contributed by atoms with Gasteiger partial charge in [0.1, 0.15) is 0 Å². The van der Waals surface area contributed by atoms with Crippen molar-refractivity contribution in [2.45, 2.75) is 0 Å². The molecule has 0 saturated heterocycles. The lowest BCUT2D eigenvalue weighted by Crippen LogP contribution is -1.96. The van der Waals surface area contributed by atoms with E-state index < -0.39 is 23.5 Å². The van der Waals surface area contributed by atoms with Crippen LogP contribution in [0.25, 0.3) is 0 Å². The van der Waals surface area contributed by atoms with Gasteiger partial charge in [0.25, 0.3) is 0 Å². The molecule has 0 spiro atoms. The molecule has 5 nitrogen and oxygen atoms in total. The fraction of sp³-hybridized carbons (Fsp3) is 1.00. The lowest BCUT2D eigenvalue weighted by Gasteiger charge is -2.06. The molecule has 12 heavy (non-hydrogen) atoms. The molecule has 1 heterocycles. The Bertz CT molecular complexity index is 327. The van der Waals surface area contributed by atoms with E-state index in [-0.39, 0.29) is 0 Å². The number of hydrogen-bond acceptors (Lipinski definition) is 5. The summed E-state index contributed by atoms with van der Waals surface area (Å²) in [6.07, 6.45) is 0. The molecule has 0 aromatic carbocycles. The third kappa shape index (κ3) is 2.38. The highest BCUT2D eigenvalue weighted by molar-refractivity contribution is 7.75. The summed E-state index contributed by atoms with van der Waals surface area (Å²) in [6.45, 7) is 0. The number of nitrogens with one attached hydrogen (secondary N) is 1. The molecule has 1 aliphatic heterocycles. The van der Waals surface area contributed by atoms with Crippen molar-refractivity contribution >= 4 is 23.5 Å². The van der Waals surface area contributed by atoms with Crippen molar-refractivity contribution in [1.82, 2.24) is 5.09 Å². The number of halogens is 3. The average molecular weight is 238 g/mol. The second kappa shape index (κ2) is 3.20. The van der Waals surface area contributed by atoms with Crippen molar-refractivity contribution in [2.24, 2.45) is 19.1 Å². The van der Waals surface area contributed by atoms with Crippen LogP contribution in [-0.4, -0.2) is 7.05 Å². The second-order valence-corrected chi connectivity index (χ2v) is 6.99. The zero-order valence-corrected chi connectivity index (χ0v) is 8.58. The first-order chi connectivity index (χ1) is 5.37. The average Bonchev–Trinajstić information content (AvgIpc) is 1.82. The Hall–Kier alpha value is 0.270. The molecule has 0 amide bonds. The van der Waals surface area contributed by atoms with Crippen molar-refractivity contribution in [3.8, 4) is 0 Å². The van der Waals surface area contributed by atoms with Gasteiger partial charge in [-0.3, -0.25) is 0 Å². The van der Waals surface area contributed by atoms with Gasteiger partial charge >= 0.3 is 23.5 Å². The van der Waals surface area contributed by atoms with Gasteiger partial charge in [0, 0.05) is 9.03 Å². The lowest BCUT2D eigenvalue weighted by molar-refractivity contribution is 0.723. The third-order valence-electron chi connectivity index (χ3n) is 0.920. The zero-order valence-electron chi connectivity index (χ0n) is 5.89. The van der Waals surface area contributed by atoms with Gasteiger partial charge in [0.05, 0.1) is 0 Å². The summed E-state index contributed by atoms with van der Waals surface area (Å²) in [5.41, 5.74) is 5.03. The summed E-state index contributed by atoms with van der Waals surface area (Å²) in [6, 6.07) is 0. The molecular formula is CH6F3N5P3+. The molecule has 70 valence electrons. The smallest absolute Gasteiger partial charge is 0.240 e. The molecule has 0 aliphatic carbocycles. The Labute approximate surface area is 68.2 Å². The van der Waals surface area contributed by atoms with Crippen molar-refractivity contribution in [3.05, 3.63) is 0 Å². The van der Waals surface area contributed by atoms with Crippen LogP contribution in [0.15, 0.2) is 13.5 Å². The van der Waals surface area contributed by atoms with Gasteiger partial charge in [-0.2, -0.15) is 4.20 Å². The predicted octanol–water partition coefficient (Wildman–Crippen LogP) is 3.47. The summed E-state index contributed by atoms with van der Waals surface area (Å²) in [5.74, 6) is 0. The van der Waals surface area contributed by atoms with Crippen LogP contribution in [0.1, 0.15) is 0 Å². The molecule has 0 aromatic rings. The number of nitrogens with two attached hydrogens (primary N) is 1. The minimum absolute atomic E-state index is 1.18. The maximum Gasteiger partial charge on any atom is 0.462 e. The Balaban J connectivity index is 3.28. The molecule has 0 aromatic heterocycles. The van der Waals surface area contributed by atoms with E-state index in [9.17, 15) is 12.6 Å². The highest BCUT2D eigenvalue weighted by atomic mass is 31.3. The summed E-state index contributed by atoms with van der Waals surface area (Å²) in [5, 5.41) is 2.00. The Morgan fingerprint density at radius 1 is 1.42 bits per heavy atom. The molecule has 0 radical (unpaired) electrons. The van der Waals surface area contributed by atoms with Crippen molar-refractivity contribution < 1.29 is 12.6 Å². The molecular weight excluding hydrogens is 232 g/mol. The highest BCUT2D eigenvalue weighted by Crippen LogP contribution is 2.72. The summed E-state index contributed by atoms with van der Waals surface area (Å²) >= 11 is 0. The minimum Gasteiger partial charge on any atom is -0.240 e. The van der Waals surface area contributed by atoms with E-state index >= 15 is 0 Å². The molecule has 1 rings (SSSR count). The number of rotatable bonds is 1. The molecule has 1 aliphatic rings. The third-order valence-corrected chi connectivity index (χ3v) is 6.57. The maximum atomic E-state index is 13.1. The SMILES string of the molecule is CNP1(F)=NP(F)(F)=N[P+](N)=N1. The van der Waals surface area contributed by atoms with Gasteiger partial charge in [-0.25, -0.2) is 5.09 Å². The first-order valence-electron chi connectivity index (χ1n) is 2.69. The number of hydrogen-bond donors (Lipinski definition) is 2. The summed E-state index contributed by atoms with van der Waals surface area (Å²) in [7, 11) is -9.70. The second-order valence-electron chi connectivity index (χ2n) is 1.79. The van der Waals surface area contributed by atoms with Gasteiger partial charge < -0.3 is 0 Å². The standard InChI is InChI=1S/CH6F3N5P3/c1-6-12(4)8-10(5)7-11(2,3)9-12/h6H,1H3,(H2,5,8)/q+1. The lowest BCUT2D eigenvalue weighted by atomic mass is 11.6. The normalized spacial score (nSPS) is 36.2. The number of nitrogens with zero attached hydrogens (tertiary/aromatic N) is 3. The van der Waals surface area contributed by atoms with Crippen molar-refractivity contribution in [1.29, 1.82) is 0 Å². The Kier molecular flexibility index (Phi) is 2.76. The van der Waals surface area contributed by atoms with Gasteiger partial charge in [-0.05, 0) is 7.05 Å². The van der Waals surface area contributed by atoms with E-state index in [0.717, 1.165) is 0 Å². The van der Waals surface area contributed by atoms with E-state index in [1.807, 2.05) is 5.09 Å². The minimum atomic E-state index is -4.86. The largest absolute Gasteiger partial charge is 0.462 e. The highest BCUT2D eigenvalue weighted by Gasteiger charge is 2.37. The summed E-state index contributed by atoms with van der Waals surface area (Å²) in [4.78, 5) is 0. The van der Waals surface area contributed by atoms with Crippen molar-refractivity contribution in [3.63, 3.8) is 0 Å². The monoisotopic (exact) mass is 238 g/mol. The van der Waals surface area contributed by atoms with E-state index in [0.29, 0.717) is 0 Å². The first kappa shape index (κ1) is 10.4. The summed E-state index contributed by atoms with van der Waals surface area (Å²) < 4.78 is 46.9. The first-order valence-corrected chi connectivity index (χ1v) is 7.07. The van der Waals surface area contributed by atoms with E-state index in [1.54, 1.807) is 0 Å². The van der Waals surface area contributed by atoms with Crippen LogP contribution in [0.3, 0.4) is 0 Å². The van der Waals surface area contributed by atoms with E-state index in [2.05, 4.69) is 13.5 Å². The molecule has 0 saturated carbocycles. The molecule has 11 heteroatoms. The molecule has 3 N–H and O–H groups in total.